The number of nitrogens with one attached hydrogen (secondary N) is 1. The highest BCUT2D eigenvalue weighted by atomic mass is 32.2. The number of hydrogen-bond acceptors (Lipinski definition) is 9. The molecule has 1 aliphatic rings. The molecular weight excluding hydrogens is 469 g/mol. The summed E-state index contributed by atoms with van der Waals surface area (Å²) in [5, 5.41) is 16.8. The van der Waals surface area contributed by atoms with E-state index in [2.05, 4.69) is 20.4 Å². The van der Waals surface area contributed by atoms with E-state index >= 15 is 0 Å². The highest BCUT2D eigenvalue weighted by Crippen LogP contribution is 2.45. The highest BCUT2D eigenvalue weighted by molar-refractivity contribution is 7.90. The van der Waals surface area contributed by atoms with Crippen molar-refractivity contribution in [3.8, 4) is 5.75 Å². The van der Waals surface area contributed by atoms with Crippen LogP contribution in [0, 0.1) is 6.92 Å². The van der Waals surface area contributed by atoms with Crippen LogP contribution in [0.25, 0.3) is 0 Å². The molecule has 2 N–H and O–H groups in total. The Kier molecular flexibility index (Phi) is 6.45. The molecular formula is C19H23F3N4O6S. The molecule has 1 atom stereocenters. The summed E-state index contributed by atoms with van der Waals surface area (Å²) >= 11 is 0. The summed E-state index contributed by atoms with van der Waals surface area (Å²) in [6, 6.07) is 0.981. The summed E-state index contributed by atoms with van der Waals surface area (Å²) < 4.78 is 71.9. The lowest BCUT2D eigenvalue weighted by Gasteiger charge is -2.37. The van der Waals surface area contributed by atoms with Gasteiger partial charge in [0.2, 0.25) is 5.89 Å². The van der Waals surface area contributed by atoms with Crippen molar-refractivity contribution in [2.45, 2.75) is 50.4 Å². The number of hydrogen-bond donors (Lipinski definition) is 2. The maximum Gasteiger partial charge on any atom is 0.422 e. The molecule has 1 unspecified atom stereocenters. The monoisotopic (exact) mass is 492 g/mol. The van der Waals surface area contributed by atoms with E-state index in [1.165, 1.54) is 13.8 Å². The van der Waals surface area contributed by atoms with Crippen molar-refractivity contribution in [3.05, 3.63) is 35.2 Å². The first kappa shape index (κ1) is 24.9. The number of ether oxygens (including phenoxy) is 1. The minimum atomic E-state index is -4.64. The molecule has 2 heterocycles. The number of carbonyl (C=O) groups excluding carboxylic acids is 1. The molecule has 10 nitrogen and oxygen atoms in total. The lowest BCUT2D eigenvalue weighted by Crippen LogP contribution is -2.49. The van der Waals surface area contributed by atoms with Gasteiger partial charge in [0.05, 0.1) is 11.4 Å². The van der Waals surface area contributed by atoms with Crippen LogP contribution in [0.2, 0.25) is 0 Å². The summed E-state index contributed by atoms with van der Waals surface area (Å²) in [7, 11) is -3.64. The summed E-state index contributed by atoms with van der Waals surface area (Å²) in [5.74, 6) is -1.80. The first-order valence-electron chi connectivity index (χ1n) is 9.84. The zero-order valence-corrected chi connectivity index (χ0v) is 18.9. The van der Waals surface area contributed by atoms with Gasteiger partial charge in [-0.15, -0.1) is 0 Å². The van der Waals surface area contributed by atoms with Crippen molar-refractivity contribution in [1.82, 2.24) is 20.4 Å². The second-order valence-corrected chi connectivity index (χ2v) is 10.5. The van der Waals surface area contributed by atoms with Crippen LogP contribution in [-0.4, -0.2) is 59.3 Å². The van der Waals surface area contributed by atoms with Gasteiger partial charge < -0.3 is 19.7 Å². The van der Waals surface area contributed by atoms with E-state index in [0.717, 1.165) is 18.5 Å². The Morgan fingerprint density at radius 3 is 2.52 bits per heavy atom. The summed E-state index contributed by atoms with van der Waals surface area (Å²) in [6.45, 7) is 1.22. The molecule has 0 aromatic carbocycles. The number of sulfone groups is 1. The second kappa shape index (κ2) is 8.56. The van der Waals surface area contributed by atoms with Crippen LogP contribution >= 0.6 is 0 Å². The van der Waals surface area contributed by atoms with E-state index in [1.807, 2.05) is 0 Å². The molecule has 0 bridgehead atoms. The second-order valence-electron chi connectivity index (χ2n) is 8.35. The summed E-state index contributed by atoms with van der Waals surface area (Å²) in [5.41, 5.74) is -3.32. The molecule has 14 heteroatoms. The number of aryl methyl sites for hydroxylation is 1. The third-order valence-corrected chi connectivity index (χ3v) is 6.24. The predicted octanol–water partition coefficient (Wildman–Crippen LogP) is 1.78. The lowest BCUT2D eigenvalue weighted by atomic mass is 9.75. The van der Waals surface area contributed by atoms with Crippen LogP contribution in [0.4, 0.5) is 13.2 Å². The van der Waals surface area contributed by atoms with E-state index in [9.17, 15) is 31.5 Å². The Balaban J connectivity index is 1.94. The van der Waals surface area contributed by atoms with Crippen molar-refractivity contribution in [3.63, 3.8) is 0 Å². The number of aliphatic hydroxyl groups is 1. The van der Waals surface area contributed by atoms with Gasteiger partial charge in [0.15, 0.2) is 12.4 Å². The number of halogens is 3. The SMILES string of the molecule is Cc1nc(C(C)(CS(C)(=O)=O)NC(=O)c2cc(OCC(F)(F)F)c(C3(O)CCC3)cn2)no1. The average Bonchev–Trinajstić information content (AvgIpc) is 3.09. The van der Waals surface area contributed by atoms with Crippen LogP contribution in [0.3, 0.4) is 0 Å². The van der Waals surface area contributed by atoms with Crippen LogP contribution in [-0.2, 0) is 21.0 Å². The standard InChI is InChI=1S/C19H23F3N4O6S/c1-11-24-16(26-32-11)17(2,10-33(3,29)30)25-15(27)13-7-14(31-9-19(20,21)22)12(8-23-13)18(28)5-4-6-18/h7-8,28H,4-6,9-10H2,1-3H3,(H,25,27). The van der Waals surface area contributed by atoms with Gasteiger partial charge >= 0.3 is 6.18 Å². The Bertz CT molecular complexity index is 1150. The topological polar surface area (TPSA) is 145 Å². The highest BCUT2D eigenvalue weighted by Gasteiger charge is 2.41. The van der Waals surface area contributed by atoms with Crippen molar-refractivity contribution >= 4 is 15.7 Å². The van der Waals surface area contributed by atoms with Gasteiger partial charge in [-0.3, -0.25) is 9.78 Å². The van der Waals surface area contributed by atoms with Gasteiger partial charge in [0.1, 0.15) is 26.8 Å². The Morgan fingerprint density at radius 1 is 1.36 bits per heavy atom. The molecule has 0 radical (unpaired) electrons. The first-order valence-corrected chi connectivity index (χ1v) is 11.9. The number of carbonyl (C=O) groups is 1. The molecule has 1 saturated carbocycles. The van der Waals surface area contributed by atoms with Gasteiger partial charge in [-0.1, -0.05) is 5.16 Å². The maximum atomic E-state index is 12.9. The number of alkyl halides is 3. The van der Waals surface area contributed by atoms with Crippen LogP contribution in [0.5, 0.6) is 5.75 Å². The largest absolute Gasteiger partial charge is 0.484 e. The van der Waals surface area contributed by atoms with Gasteiger partial charge in [-0.2, -0.15) is 18.2 Å². The van der Waals surface area contributed by atoms with Gasteiger partial charge in [-0.05, 0) is 26.2 Å². The molecule has 1 fully saturated rings. The quantitative estimate of drug-likeness (QED) is 0.563. The molecule has 182 valence electrons. The van der Waals surface area contributed by atoms with Gasteiger partial charge in [-0.25, -0.2) is 8.42 Å². The molecule has 0 spiro atoms. The van der Waals surface area contributed by atoms with E-state index in [0.29, 0.717) is 19.3 Å². The van der Waals surface area contributed by atoms with E-state index in [-0.39, 0.29) is 28.7 Å². The average molecular weight is 492 g/mol. The van der Waals surface area contributed by atoms with E-state index < -0.39 is 45.4 Å². The lowest BCUT2D eigenvalue weighted by molar-refractivity contribution is -0.154. The summed E-state index contributed by atoms with van der Waals surface area (Å²) in [4.78, 5) is 20.9. The normalized spacial score (nSPS) is 17.7. The fourth-order valence-electron chi connectivity index (χ4n) is 3.49. The smallest absolute Gasteiger partial charge is 0.422 e. The fraction of sp³-hybridized carbons (Fsp3) is 0.579. The van der Waals surface area contributed by atoms with Crippen molar-refractivity contribution in [2.24, 2.45) is 0 Å². The van der Waals surface area contributed by atoms with Gasteiger partial charge in [0, 0.05) is 31.0 Å². The zero-order chi connectivity index (χ0) is 24.7. The minimum Gasteiger partial charge on any atom is -0.484 e. The minimum absolute atomic E-state index is 0.0437. The third-order valence-electron chi connectivity index (χ3n) is 5.13. The van der Waals surface area contributed by atoms with Crippen molar-refractivity contribution in [2.75, 3.05) is 18.6 Å². The fourth-order valence-corrected chi connectivity index (χ4v) is 4.74. The third kappa shape index (κ3) is 5.99. The molecule has 0 saturated heterocycles. The van der Waals surface area contributed by atoms with E-state index in [4.69, 9.17) is 9.26 Å². The predicted molar refractivity (Wildman–Crippen MR) is 107 cm³/mol. The van der Waals surface area contributed by atoms with Crippen molar-refractivity contribution in [1.29, 1.82) is 0 Å². The zero-order valence-electron chi connectivity index (χ0n) is 18.1. The number of aromatic nitrogens is 3. The Hall–Kier alpha value is -2.74. The number of nitrogens with zero attached hydrogens (tertiary/aromatic N) is 3. The maximum absolute atomic E-state index is 12.9. The molecule has 0 aliphatic heterocycles. The molecule has 1 aliphatic carbocycles. The van der Waals surface area contributed by atoms with Gasteiger partial charge in [0.25, 0.3) is 5.91 Å². The van der Waals surface area contributed by atoms with E-state index in [1.54, 1.807) is 0 Å². The Labute approximate surface area is 187 Å². The summed E-state index contributed by atoms with van der Waals surface area (Å²) in [6.07, 6.45) is -1.30. The van der Waals surface area contributed by atoms with Crippen molar-refractivity contribution < 1.29 is 40.8 Å². The molecule has 3 rings (SSSR count). The Morgan fingerprint density at radius 2 is 2.03 bits per heavy atom. The number of amides is 1. The first-order chi connectivity index (χ1) is 15.1. The molecule has 33 heavy (non-hydrogen) atoms. The van der Waals surface area contributed by atoms with Crippen LogP contribution in [0.1, 0.15) is 54.0 Å². The molecule has 2 aromatic rings. The number of rotatable bonds is 8. The van der Waals surface area contributed by atoms with Crippen LogP contribution < -0.4 is 10.1 Å². The number of pyridine rings is 1. The molecule has 1 amide bonds. The van der Waals surface area contributed by atoms with Crippen LogP contribution in [0.15, 0.2) is 16.8 Å². The molecule has 2 aromatic heterocycles.